The molecule has 0 radical (unpaired) electrons. The first kappa shape index (κ1) is 16.5. The van der Waals surface area contributed by atoms with Gasteiger partial charge in [-0.3, -0.25) is 20.2 Å². The lowest BCUT2D eigenvalue weighted by molar-refractivity contribution is -0.392. The molecule has 0 aliphatic heterocycles. The van der Waals surface area contributed by atoms with Crippen LogP contribution in [0, 0.1) is 20.2 Å². The van der Waals surface area contributed by atoms with E-state index in [1.165, 1.54) is 6.07 Å². The van der Waals surface area contributed by atoms with Crippen molar-refractivity contribution in [2.24, 2.45) is 0 Å². The van der Waals surface area contributed by atoms with Gasteiger partial charge in [0.2, 0.25) is 0 Å². The summed E-state index contributed by atoms with van der Waals surface area (Å²) >= 11 is 0. The lowest BCUT2D eigenvalue weighted by atomic mass is 10.2. The molecule has 0 bridgehead atoms. The second-order valence-corrected chi connectivity index (χ2v) is 4.07. The van der Waals surface area contributed by atoms with E-state index < -0.39 is 26.9 Å². The van der Waals surface area contributed by atoms with Gasteiger partial charge in [-0.2, -0.15) is 0 Å². The molecule has 0 amide bonds. The van der Waals surface area contributed by atoms with Crippen LogP contribution < -0.4 is 22.9 Å². The quantitative estimate of drug-likeness (QED) is 0.364. The average molecular weight is 306 g/mol. The molecule has 0 unspecified atom stereocenters. The van der Waals surface area contributed by atoms with Gasteiger partial charge >= 0.3 is 0 Å². The van der Waals surface area contributed by atoms with E-state index in [0.717, 1.165) is 12.1 Å². The zero-order valence-electron chi connectivity index (χ0n) is 11.3. The molecule has 10 nitrogen and oxygen atoms in total. The first-order valence-corrected chi connectivity index (χ1v) is 5.82. The van der Waals surface area contributed by atoms with E-state index in [9.17, 15) is 20.2 Å². The summed E-state index contributed by atoms with van der Waals surface area (Å²) in [5.41, 5.74) is 21.7. The van der Waals surface area contributed by atoms with E-state index in [1.807, 2.05) is 0 Å². The van der Waals surface area contributed by atoms with Crippen LogP contribution in [0.3, 0.4) is 0 Å². The molecule has 0 heterocycles. The molecule has 0 aliphatic rings. The minimum Gasteiger partial charge on any atom is -0.397 e. The minimum absolute atomic E-state index is 0.419. The van der Waals surface area contributed by atoms with Crippen molar-refractivity contribution in [2.75, 3.05) is 22.9 Å². The second-order valence-electron chi connectivity index (χ2n) is 4.07. The fourth-order valence-corrected chi connectivity index (χ4v) is 1.46. The number of para-hydroxylation sites is 2. The third-order valence-electron chi connectivity index (χ3n) is 2.63. The van der Waals surface area contributed by atoms with Crippen molar-refractivity contribution in [2.45, 2.75) is 0 Å². The highest BCUT2D eigenvalue weighted by atomic mass is 16.6. The number of anilines is 4. The molecule has 10 heteroatoms. The highest BCUT2D eigenvalue weighted by molar-refractivity contribution is 5.76. The SMILES string of the molecule is Nc1c([N+](=O)[O-])cccc1[N+](=O)[O-].Nc1cccc(N)c1N. The Balaban J connectivity index is 0.000000235. The Labute approximate surface area is 124 Å². The van der Waals surface area contributed by atoms with E-state index >= 15 is 0 Å². The normalized spacial score (nSPS) is 9.45. The van der Waals surface area contributed by atoms with E-state index in [-0.39, 0.29) is 0 Å². The van der Waals surface area contributed by atoms with Crippen LogP contribution in [0.25, 0.3) is 0 Å². The van der Waals surface area contributed by atoms with Crippen molar-refractivity contribution in [1.29, 1.82) is 0 Å². The molecule has 0 aliphatic carbocycles. The first-order chi connectivity index (χ1) is 10.3. The largest absolute Gasteiger partial charge is 0.397 e. The Hall–Kier alpha value is -3.56. The average Bonchev–Trinajstić information content (AvgIpc) is 2.45. The molecular weight excluding hydrogens is 292 g/mol. The number of nitro benzene ring substituents is 2. The van der Waals surface area contributed by atoms with Gasteiger partial charge in [0, 0.05) is 12.1 Å². The van der Waals surface area contributed by atoms with Gasteiger partial charge in [-0.05, 0) is 18.2 Å². The Morgan fingerprint density at radius 1 is 0.682 bits per heavy atom. The number of nitrogen functional groups attached to an aromatic ring is 4. The summed E-state index contributed by atoms with van der Waals surface area (Å²) in [6.07, 6.45) is 0. The number of hydrogen-bond donors (Lipinski definition) is 4. The van der Waals surface area contributed by atoms with Crippen molar-refractivity contribution in [3.63, 3.8) is 0 Å². The fraction of sp³-hybridized carbons (Fsp3) is 0. The third-order valence-corrected chi connectivity index (χ3v) is 2.63. The molecule has 0 saturated carbocycles. The van der Waals surface area contributed by atoms with Gasteiger partial charge in [-0.15, -0.1) is 0 Å². The maximum atomic E-state index is 10.3. The highest BCUT2D eigenvalue weighted by Crippen LogP contribution is 2.30. The van der Waals surface area contributed by atoms with Crippen molar-refractivity contribution in [1.82, 2.24) is 0 Å². The van der Waals surface area contributed by atoms with Crippen LogP contribution >= 0.6 is 0 Å². The number of nitro groups is 2. The van der Waals surface area contributed by atoms with Crippen LogP contribution in [-0.2, 0) is 0 Å². The van der Waals surface area contributed by atoms with Crippen LogP contribution in [0.4, 0.5) is 34.1 Å². The van der Waals surface area contributed by atoms with Crippen molar-refractivity contribution in [3.05, 3.63) is 56.6 Å². The van der Waals surface area contributed by atoms with Crippen molar-refractivity contribution in [3.8, 4) is 0 Å². The van der Waals surface area contributed by atoms with Crippen LogP contribution in [-0.4, -0.2) is 9.85 Å². The van der Waals surface area contributed by atoms with E-state index in [1.54, 1.807) is 18.2 Å². The Morgan fingerprint density at radius 3 is 1.36 bits per heavy atom. The monoisotopic (exact) mass is 306 g/mol. The van der Waals surface area contributed by atoms with Gasteiger partial charge in [-0.25, -0.2) is 0 Å². The maximum Gasteiger partial charge on any atom is 0.299 e. The zero-order chi connectivity index (χ0) is 16.9. The molecule has 116 valence electrons. The standard InChI is InChI=1S/C6H5N3O4.C6H9N3/c7-6-4(8(10)11)2-1-3-5(6)9(12)13;7-4-2-1-3-5(8)6(4)9/h1-3H,7H2;1-3H,7-9H2. The highest BCUT2D eigenvalue weighted by Gasteiger charge is 2.20. The molecule has 22 heavy (non-hydrogen) atoms. The molecule has 2 aromatic rings. The summed E-state index contributed by atoms with van der Waals surface area (Å²) in [7, 11) is 0. The van der Waals surface area contributed by atoms with Crippen LogP contribution in [0.5, 0.6) is 0 Å². The minimum atomic E-state index is -0.762. The fourth-order valence-electron chi connectivity index (χ4n) is 1.46. The topological polar surface area (TPSA) is 190 Å². The lowest BCUT2D eigenvalue weighted by Crippen LogP contribution is -2.00. The zero-order valence-corrected chi connectivity index (χ0v) is 11.3. The van der Waals surface area contributed by atoms with Gasteiger partial charge in [0.1, 0.15) is 0 Å². The summed E-state index contributed by atoms with van der Waals surface area (Å²) in [5, 5.41) is 20.6. The van der Waals surface area contributed by atoms with E-state index in [2.05, 4.69) is 0 Å². The maximum absolute atomic E-state index is 10.3. The van der Waals surface area contributed by atoms with Crippen LogP contribution in [0.15, 0.2) is 36.4 Å². The summed E-state index contributed by atoms with van der Waals surface area (Å²) in [5.74, 6) is 0. The Kier molecular flexibility index (Phi) is 5.06. The lowest BCUT2D eigenvalue weighted by Gasteiger charge is -2.00. The molecule has 0 saturated heterocycles. The predicted octanol–water partition coefficient (Wildman–Crippen LogP) is 1.52. The summed E-state index contributed by atoms with van der Waals surface area (Å²) < 4.78 is 0. The first-order valence-electron chi connectivity index (χ1n) is 5.82. The summed E-state index contributed by atoms with van der Waals surface area (Å²) in [4.78, 5) is 19.1. The Bertz CT molecular complexity index is 666. The van der Waals surface area contributed by atoms with Crippen LogP contribution in [0.1, 0.15) is 0 Å². The molecular formula is C12H14N6O4. The van der Waals surface area contributed by atoms with E-state index in [4.69, 9.17) is 22.9 Å². The second kappa shape index (κ2) is 6.74. The molecule has 8 N–H and O–H groups in total. The number of benzene rings is 2. The van der Waals surface area contributed by atoms with Crippen molar-refractivity contribution >= 4 is 34.1 Å². The molecule has 2 rings (SSSR count). The molecule has 0 fully saturated rings. The van der Waals surface area contributed by atoms with Gasteiger partial charge in [0.25, 0.3) is 11.4 Å². The number of rotatable bonds is 2. The molecule has 0 aromatic heterocycles. The molecule has 0 spiro atoms. The van der Waals surface area contributed by atoms with Gasteiger partial charge in [0.15, 0.2) is 5.69 Å². The Morgan fingerprint density at radius 2 is 1.05 bits per heavy atom. The molecule has 0 atom stereocenters. The smallest absolute Gasteiger partial charge is 0.299 e. The predicted molar refractivity (Wildman–Crippen MR) is 83.8 cm³/mol. The van der Waals surface area contributed by atoms with Crippen molar-refractivity contribution < 1.29 is 9.85 Å². The number of nitrogens with two attached hydrogens (primary N) is 4. The number of hydrogen-bond acceptors (Lipinski definition) is 8. The third kappa shape index (κ3) is 3.72. The van der Waals surface area contributed by atoms with Gasteiger partial charge in [-0.1, -0.05) is 6.07 Å². The van der Waals surface area contributed by atoms with Gasteiger partial charge < -0.3 is 22.9 Å². The summed E-state index contributed by atoms with van der Waals surface area (Å²) in [6.45, 7) is 0. The summed E-state index contributed by atoms with van der Waals surface area (Å²) in [6, 6.07) is 8.63. The van der Waals surface area contributed by atoms with Gasteiger partial charge in [0.05, 0.1) is 26.9 Å². The number of nitrogens with zero attached hydrogens (tertiary/aromatic N) is 2. The van der Waals surface area contributed by atoms with E-state index in [0.29, 0.717) is 17.1 Å². The van der Waals surface area contributed by atoms with Crippen LogP contribution in [0.2, 0.25) is 0 Å². The molecule has 2 aromatic carbocycles.